The summed E-state index contributed by atoms with van der Waals surface area (Å²) in [7, 11) is 26.2. The molecule has 0 aliphatic carbocycles. The summed E-state index contributed by atoms with van der Waals surface area (Å²) in [5, 5.41) is 20.6. The molecule has 0 unspecified atom stereocenters. The fourth-order valence-electron chi connectivity index (χ4n) is 10.8. The standard InChI is InChI=1S/2C37H27NP2.6ClH.3Pt/c2*1-5-17-30(18-6-1)39(31-19-7-2-8-20-31)34-25-13-15-28-27-29-16-14-26-35(37(29)38-36(28)34)40(32-21-9-3-10-22-32)33-23-11-4-12-24-33;;;;;;;;;/h2*1-27H;6*1H;;;/q;;;;;;;;3*+2/p-6. The third-order valence-corrected chi connectivity index (χ3v) is 24.2. The molecule has 89 heavy (non-hydrogen) atoms. The Hall–Kier alpha value is -4.50. The maximum atomic E-state index is 5.55. The van der Waals surface area contributed by atoms with Crippen LogP contribution in [0.5, 0.6) is 0 Å². The number of fused-ring (bicyclic) bond motifs is 4. The summed E-state index contributed by atoms with van der Waals surface area (Å²) < 4.78 is 0. The number of benzene rings is 12. The molecule has 0 amide bonds. The second-order valence-electron chi connectivity index (χ2n) is 19.7. The van der Waals surface area contributed by atoms with Crippen molar-refractivity contribution in [2.75, 3.05) is 0 Å². The molecule has 0 saturated carbocycles. The van der Waals surface area contributed by atoms with Gasteiger partial charge in [-0.1, -0.05) is 315 Å². The normalized spacial score (nSPS) is 11.3. The Labute approximate surface area is 576 Å². The van der Waals surface area contributed by atoms with Gasteiger partial charge in [-0.05, 0) is 86.3 Å². The SMILES string of the molecule is [Cl][Pt+].[Cl][Pt+].[Cl][Pt-2]([Cl])([Cl])[Cl].c1ccc(P(c2ccccc2)c2cccc3cc4cccc(P(c5ccccc5)c5ccccc5)c4nc23)cc1.c1ccc(P(c2ccccc2)c2cccc3cc4cccc(P(c5ccccc5)c5ccccc5)c4nc23)cc1. The van der Waals surface area contributed by atoms with Crippen LogP contribution >= 0.6 is 88.2 Å². The summed E-state index contributed by atoms with van der Waals surface area (Å²) in [5.41, 5.74) is 4.38. The van der Waals surface area contributed by atoms with Crippen LogP contribution in [0.4, 0.5) is 0 Å². The van der Waals surface area contributed by atoms with Crippen LogP contribution in [0.15, 0.2) is 328 Å². The van der Waals surface area contributed by atoms with E-state index in [0.29, 0.717) is 0 Å². The minimum Gasteiger partial charge on any atom is -0.246 e. The van der Waals surface area contributed by atoms with Crippen LogP contribution in [-0.2, 0) is 49.4 Å². The van der Waals surface area contributed by atoms with Crippen LogP contribution in [0.2, 0.25) is 0 Å². The van der Waals surface area contributed by atoms with Crippen molar-refractivity contribution in [2.45, 2.75) is 0 Å². The van der Waals surface area contributed by atoms with Gasteiger partial charge in [0.15, 0.2) is 0 Å². The minimum absolute atomic E-state index is 0.771. The van der Waals surface area contributed by atoms with Crippen LogP contribution < -0.4 is 63.7 Å². The van der Waals surface area contributed by atoms with Crippen molar-refractivity contribution >= 4 is 195 Å². The molecule has 0 N–H and O–H groups in total. The molecule has 0 radical (unpaired) electrons. The quantitative estimate of drug-likeness (QED) is 0.0900. The van der Waals surface area contributed by atoms with Crippen molar-refractivity contribution in [3.63, 3.8) is 0 Å². The molecule has 0 saturated heterocycles. The monoisotopic (exact) mass is 1890 g/mol. The molecule has 2 aromatic heterocycles. The van der Waals surface area contributed by atoms with Crippen LogP contribution in [0.1, 0.15) is 0 Å². The molecule has 0 atom stereocenters. The first kappa shape index (κ1) is 67.4. The number of hydrogen-bond donors (Lipinski definition) is 0. The second-order valence-corrected chi connectivity index (χ2v) is 48.1. The molecule has 452 valence electrons. The van der Waals surface area contributed by atoms with Crippen molar-refractivity contribution in [3.05, 3.63) is 328 Å². The number of halogens is 6. The maximum absolute atomic E-state index is 5.55. The fourth-order valence-corrected chi connectivity index (χ4v) is 20.4. The van der Waals surface area contributed by atoms with Gasteiger partial charge in [0.1, 0.15) is 0 Å². The van der Waals surface area contributed by atoms with Gasteiger partial charge in [-0.2, -0.15) is 0 Å². The molecule has 15 heteroatoms. The molecule has 0 fully saturated rings. The van der Waals surface area contributed by atoms with Gasteiger partial charge in [0, 0.05) is 42.8 Å². The molecule has 0 bridgehead atoms. The summed E-state index contributed by atoms with van der Waals surface area (Å²) in [4.78, 5) is 11.1. The van der Waals surface area contributed by atoms with Gasteiger partial charge in [0.05, 0.1) is 22.1 Å². The molecular weight excluding hydrogens is 1840 g/mol. The van der Waals surface area contributed by atoms with Gasteiger partial charge in [-0.25, -0.2) is 9.97 Å². The molecule has 2 nitrogen and oxygen atoms in total. The predicted molar refractivity (Wildman–Crippen MR) is 388 cm³/mol. The van der Waals surface area contributed by atoms with E-state index in [-0.39, 0.29) is 0 Å². The van der Waals surface area contributed by atoms with E-state index in [9.17, 15) is 0 Å². The Kier molecular flexibility index (Phi) is 25.7. The molecule has 2 heterocycles. The fraction of sp³-hybridized carbons (Fsp3) is 0. The van der Waals surface area contributed by atoms with E-state index in [1.54, 1.807) is 37.5 Å². The smallest absolute Gasteiger partial charge is 0.0793 e. The Morgan fingerprint density at radius 2 is 0.360 bits per heavy atom. The van der Waals surface area contributed by atoms with Crippen LogP contribution in [0.25, 0.3) is 43.6 Å². The van der Waals surface area contributed by atoms with Crippen molar-refractivity contribution in [3.8, 4) is 0 Å². The number of para-hydroxylation sites is 4. The van der Waals surface area contributed by atoms with E-state index in [2.05, 4.69) is 346 Å². The number of pyridine rings is 2. The average Bonchev–Trinajstić information content (AvgIpc) is 1.89. The number of hydrogen-bond acceptors (Lipinski definition) is 2. The van der Waals surface area contributed by atoms with Gasteiger partial charge in [-0.3, -0.25) is 0 Å². The van der Waals surface area contributed by atoms with Crippen molar-refractivity contribution in [1.29, 1.82) is 0 Å². The minimum atomic E-state index is -3.06. The first-order chi connectivity index (χ1) is 43.7. The zero-order chi connectivity index (χ0) is 62.0. The Morgan fingerprint density at radius 3 is 0.506 bits per heavy atom. The third kappa shape index (κ3) is 17.2. The molecule has 0 aliphatic rings. The van der Waals surface area contributed by atoms with Gasteiger partial charge < -0.3 is 0 Å². The van der Waals surface area contributed by atoms with E-state index in [1.165, 1.54) is 85.2 Å². The molecule has 0 spiro atoms. The van der Waals surface area contributed by atoms with Crippen LogP contribution in [0.3, 0.4) is 0 Å². The zero-order valence-corrected chi connectivity index (χ0v) is 62.0. The second kappa shape index (κ2) is 33.9. The molecular formula is C74H54Cl6N2P4Pt3. The number of aromatic nitrogens is 2. The van der Waals surface area contributed by atoms with Crippen LogP contribution in [0, 0.1) is 0 Å². The van der Waals surface area contributed by atoms with Crippen LogP contribution in [-0.4, -0.2) is 9.97 Å². The number of rotatable bonds is 12. The molecule has 0 aliphatic heterocycles. The maximum Gasteiger partial charge on any atom is 0.0793 e. The van der Waals surface area contributed by atoms with Gasteiger partial charge in [0.25, 0.3) is 0 Å². The Bertz CT molecular complexity index is 3780. The van der Waals surface area contributed by atoms with Gasteiger partial charge in [-0.15, -0.1) is 0 Å². The summed E-state index contributed by atoms with van der Waals surface area (Å²) in [6, 6.07) is 119. The van der Waals surface area contributed by atoms with E-state index in [0.717, 1.165) is 22.1 Å². The summed E-state index contributed by atoms with van der Waals surface area (Å²) in [5.74, 6) is 0. The zero-order valence-electron chi connectivity index (χ0n) is 47.1. The summed E-state index contributed by atoms with van der Waals surface area (Å²) >= 11 is 0.167. The van der Waals surface area contributed by atoms with E-state index >= 15 is 0 Å². The van der Waals surface area contributed by atoms with Crippen molar-refractivity contribution < 1.29 is 49.4 Å². The summed E-state index contributed by atoms with van der Waals surface area (Å²) in [6.45, 7) is 0. The number of nitrogens with zero attached hydrogens (tertiary/aromatic N) is 2. The molecule has 14 rings (SSSR count). The molecule has 14 aromatic rings. The van der Waals surface area contributed by atoms with Crippen molar-refractivity contribution in [2.24, 2.45) is 0 Å². The Morgan fingerprint density at radius 1 is 0.213 bits per heavy atom. The third-order valence-electron chi connectivity index (χ3n) is 14.3. The topological polar surface area (TPSA) is 25.8 Å². The summed E-state index contributed by atoms with van der Waals surface area (Å²) in [6.07, 6.45) is 0. The van der Waals surface area contributed by atoms with E-state index in [1.807, 2.05) is 0 Å². The van der Waals surface area contributed by atoms with E-state index < -0.39 is 43.6 Å². The molecule has 12 aromatic carbocycles. The Balaban J connectivity index is 0.000000174. The van der Waals surface area contributed by atoms with E-state index in [4.69, 9.17) is 47.6 Å². The predicted octanol–water partition coefficient (Wildman–Crippen LogP) is 17.9. The first-order valence-corrected chi connectivity index (χ1v) is 50.0. The first-order valence-electron chi connectivity index (χ1n) is 27.7. The van der Waals surface area contributed by atoms with Gasteiger partial charge in [0.2, 0.25) is 0 Å². The van der Waals surface area contributed by atoms with Crippen molar-refractivity contribution in [1.82, 2.24) is 9.97 Å². The average molecular weight is 1890 g/mol. The van der Waals surface area contributed by atoms with Gasteiger partial charge >= 0.3 is 106 Å². The largest absolute Gasteiger partial charge is 0.246 e.